The molecule has 1 aromatic carbocycles. The number of hydrogen-bond acceptors (Lipinski definition) is 4. The maximum absolute atomic E-state index is 11.8. The molecule has 0 fully saturated rings. The van der Waals surface area contributed by atoms with Gasteiger partial charge in [0.05, 0.1) is 26.4 Å². The van der Waals surface area contributed by atoms with E-state index in [0.717, 1.165) is 6.42 Å². The topological polar surface area (TPSA) is 56.8 Å². The van der Waals surface area contributed by atoms with Crippen molar-refractivity contribution in [3.63, 3.8) is 0 Å². The number of alkyl carbamates (subject to hydrolysis) is 1. The minimum absolute atomic E-state index is 0.132. The Hall–Kier alpha value is -1.59. The molecule has 5 nitrogen and oxygen atoms in total. The first-order valence-corrected chi connectivity index (χ1v) is 7.74. The first-order chi connectivity index (χ1) is 10.4. The zero-order chi connectivity index (χ0) is 15.7. The normalized spacial score (nSPS) is 20.2. The van der Waals surface area contributed by atoms with Gasteiger partial charge in [0.2, 0.25) is 0 Å². The lowest BCUT2D eigenvalue weighted by Crippen LogP contribution is -2.36. The number of nitrogens with one attached hydrogen (secondary N) is 1. The van der Waals surface area contributed by atoms with Crippen LogP contribution < -0.4 is 5.32 Å². The molecule has 0 aromatic heterocycles. The Kier molecular flexibility index (Phi) is 4.10. The SMILES string of the molecule is CC(C)(C)OC(=O)NCC1OCCc2ccc3c(c21)COC3. The van der Waals surface area contributed by atoms with Crippen LogP contribution in [0.3, 0.4) is 0 Å². The first-order valence-electron chi connectivity index (χ1n) is 7.74. The lowest BCUT2D eigenvalue weighted by molar-refractivity contribution is 0.0279. The summed E-state index contributed by atoms with van der Waals surface area (Å²) in [5, 5.41) is 2.81. The van der Waals surface area contributed by atoms with Crippen LogP contribution in [0.5, 0.6) is 0 Å². The smallest absolute Gasteiger partial charge is 0.407 e. The zero-order valence-corrected chi connectivity index (χ0v) is 13.4. The number of ether oxygens (including phenoxy) is 3. The Morgan fingerprint density at radius 3 is 2.86 bits per heavy atom. The molecule has 1 N–H and O–H groups in total. The maximum Gasteiger partial charge on any atom is 0.407 e. The van der Waals surface area contributed by atoms with Crippen molar-refractivity contribution in [2.45, 2.75) is 52.1 Å². The molecule has 0 saturated heterocycles. The maximum atomic E-state index is 11.8. The Morgan fingerprint density at radius 2 is 2.09 bits per heavy atom. The fraction of sp³-hybridized carbons (Fsp3) is 0.588. The molecule has 0 spiro atoms. The highest BCUT2D eigenvalue weighted by Gasteiger charge is 2.28. The summed E-state index contributed by atoms with van der Waals surface area (Å²) in [7, 11) is 0. The monoisotopic (exact) mass is 305 g/mol. The van der Waals surface area contributed by atoms with Gasteiger partial charge in [-0.15, -0.1) is 0 Å². The Morgan fingerprint density at radius 1 is 1.32 bits per heavy atom. The minimum atomic E-state index is -0.496. The molecule has 0 radical (unpaired) electrons. The average molecular weight is 305 g/mol. The molecule has 1 atom stereocenters. The molecule has 1 aromatic rings. The van der Waals surface area contributed by atoms with Crippen LogP contribution in [0.25, 0.3) is 0 Å². The highest BCUT2D eigenvalue weighted by atomic mass is 16.6. The van der Waals surface area contributed by atoms with Crippen LogP contribution >= 0.6 is 0 Å². The summed E-state index contributed by atoms with van der Waals surface area (Å²) in [6.07, 6.45) is 0.367. The molecule has 2 heterocycles. The number of carbonyl (C=O) groups is 1. The van der Waals surface area contributed by atoms with E-state index in [1.807, 2.05) is 20.8 Å². The van der Waals surface area contributed by atoms with E-state index in [-0.39, 0.29) is 6.10 Å². The molecule has 0 bridgehead atoms. The molecule has 0 aliphatic carbocycles. The zero-order valence-electron chi connectivity index (χ0n) is 13.4. The summed E-state index contributed by atoms with van der Waals surface area (Å²) >= 11 is 0. The molecule has 0 saturated carbocycles. The van der Waals surface area contributed by atoms with E-state index in [2.05, 4.69) is 17.4 Å². The number of fused-ring (bicyclic) bond motifs is 3. The summed E-state index contributed by atoms with van der Waals surface area (Å²) < 4.78 is 16.7. The summed E-state index contributed by atoms with van der Waals surface area (Å²) in [4.78, 5) is 11.8. The highest BCUT2D eigenvalue weighted by Crippen LogP contribution is 2.35. The fourth-order valence-corrected chi connectivity index (χ4v) is 2.99. The van der Waals surface area contributed by atoms with Gasteiger partial charge in [-0.25, -0.2) is 4.79 Å². The predicted molar refractivity (Wildman–Crippen MR) is 81.6 cm³/mol. The summed E-state index contributed by atoms with van der Waals surface area (Å²) in [6.45, 7) is 7.93. The van der Waals surface area contributed by atoms with E-state index in [9.17, 15) is 4.79 Å². The third-order valence-corrected chi connectivity index (χ3v) is 3.89. The number of amides is 1. The third kappa shape index (κ3) is 3.25. The molecular weight excluding hydrogens is 282 g/mol. The van der Waals surface area contributed by atoms with Gasteiger partial charge in [0.15, 0.2) is 0 Å². The van der Waals surface area contributed by atoms with Crippen molar-refractivity contribution in [1.29, 1.82) is 0 Å². The van der Waals surface area contributed by atoms with Gasteiger partial charge in [-0.3, -0.25) is 0 Å². The Balaban J connectivity index is 1.72. The van der Waals surface area contributed by atoms with E-state index >= 15 is 0 Å². The van der Waals surface area contributed by atoms with Crippen LogP contribution in [-0.2, 0) is 33.8 Å². The molecule has 2 aliphatic heterocycles. The second-order valence-corrected chi connectivity index (χ2v) is 6.76. The van der Waals surface area contributed by atoms with Crippen LogP contribution in [0.1, 0.15) is 49.1 Å². The van der Waals surface area contributed by atoms with E-state index < -0.39 is 11.7 Å². The lowest BCUT2D eigenvalue weighted by Gasteiger charge is -2.29. The van der Waals surface area contributed by atoms with Crippen LogP contribution in [-0.4, -0.2) is 24.8 Å². The van der Waals surface area contributed by atoms with E-state index in [0.29, 0.717) is 26.4 Å². The molecule has 1 amide bonds. The van der Waals surface area contributed by atoms with Gasteiger partial charge in [-0.05, 0) is 49.4 Å². The molecule has 5 heteroatoms. The fourth-order valence-electron chi connectivity index (χ4n) is 2.99. The molecule has 1 unspecified atom stereocenters. The standard InChI is InChI=1S/C17H23NO4/c1-17(2,3)22-16(19)18-8-14-15-11(6-7-21-14)4-5-12-9-20-10-13(12)15/h4-5,14H,6-10H2,1-3H3,(H,18,19). The van der Waals surface area contributed by atoms with Crippen molar-refractivity contribution in [2.75, 3.05) is 13.2 Å². The second-order valence-electron chi connectivity index (χ2n) is 6.76. The van der Waals surface area contributed by atoms with Gasteiger partial charge >= 0.3 is 6.09 Å². The summed E-state index contributed by atoms with van der Waals surface area (Å²) in [5.41, 5.74) is 4.45. The van der Waals surface area contributed by atoms with Crippen LogP contribution in [0.15, 0.2) is 12.1 Å². The first kappa shape index (κ1) is 15.3. The number of hydrogen-bond donors (Lipinski definition) is 1. The quantitative estimate of drug-likeness (QED) is 0.913. The van der Waals surface area contributed by atoms with Crippen molar-refractivity contribution in [3.05, 3.63) is 34.4 Å². The Labute approximate surface area is 130 Å². The van der Waals surface area contributed by atoms with Crippen LogP contribution in [0.2, 0.25) is 0 Å². The number of carbonyl (C=O) groups excluding carboxylic acids is 1. The van der Waals surface area contributed by atoms with E-state index in [1.165, 1.54) is 22.3 Å². The second kappa shape index (κ2) is 5.89. The van der Waals surface area contributed by atoms with Crippen molar-refractivity contribution in [3.8, 4) is 0 Å². The lowest BCUT2D eigenvalue weighted by atomic mass is 9.90. The molecule has 120 valence electrons. The van der Waals surface area contributed by atoms with Crippen molar-refractivity contribution < 1.29 is 19.0 Å². The third-order valence-electron chi connectivity index (χ3n) is 3.89. The summed E-state index contributed by atoms with van der Waals surface area (Å²) in [5.74, 6) is 0. The van der Waals surface area contributed by atoms with Crippen LogP contribution in [0, 0.1) is 0 Å². The molecular formula is C17H23NO4. The van der Waals surface area contributed by atoms with E-state index in [4.69, 9.17) is 14.2 Å². The van der Waals surface area contributed by atoms with Gasteiger partial charge in [0.1, 0.15) is 11.7 Å². The van der Waals surface area contributed by atoms with Gasteiger partial charge < -0.3 is 19.5 Å². The Bertz CT molecular complexity index is 577. The van der Waals surface area contributed by atoms with Gasteiger partial charge in [-0.1, -0.05) is 12.1 Å². The number of rotatable bonds is 2. The molecule has 3 rings (SSSR count). The van der Waals surface area contributed by atoms with Gasteiger partial charge in [-0.2, -0.15) is 0 Å². The van der Waals surface area contributed by atoms with Crippen molar-refractivity contribution in [1.82, 2.24) is 5.32 Å². The molecule has 2 aliphatic rings. The largest absolute Gasteiger partial charge is 0.444 e. The summed E-state index contributed by atoms with van der Waals surface area (Å²) in [6, 6.07) is 4.30. The van der Waals surface area contributed by atoms with E-state index in [1.54, 1.807) is 0 Å². The van der Waals surface area contributed by atoms with Gasteiger partial charge in [0.25, 0.3) is 0 Å². The minimum Gasteiger partial charge on any atom is -0.444 e. The van der Waals surface area contributed by atoms with Crippen molar-refractivity contribution >= 4 is 6.09 Å². The van der Waals surface area contributed by atoms with Crippen LogP contribution in [0.4, 0.5) is 4.79 Å². The number of benzene rings is 1. The highest BCUT2D eigenvalue weighted by molar-refractivity contribution is 5.67. The predicted octanol–water partition coefficient (Wildman–Crippen LogP) is 2.86. The van der Waals surface area contributed by atoms with Gasteiger partial charge in [0, 0.05) is 0 Å². The molecule has 22 heavy (non-hydrogen) atoms. The van der Waals surface area contributed by atoms with Crippen molar-refractivity contribution in [2.24, 2.45) is 0 Å². The average Bonchev–Trinajstić information content (AvgIpc) is 2.91.